The highest BCUT2D eigenvalue weighted by molar-refractivity contribution is 14.1. The van der Waals surface area contributed by atoms with E-state index in [1.54, 1.807) is 0 Å². The third-order valence-corrected chi connectivity index (χ3v) is 7.76. The molecule has 1 heterocycles. The van der Waals surface area contributed by atoms with Crippen LogP contribution in [0, 0.1) is 21.0 Å². The number of likely N-dealkylation sites (tertiary alicyclic amines) is 1. The lowest BCUT2D eigenvalue weighted by Gasteiger charge is -2.50. The van der Waals surface area contributed by atoms with Crippen LogP contribution in [0.25, 0.3) is 0 Å². The molecule has 0 saturated carbocycles. The molecule has 0 aromatic heterocycles. The van der Waals surface area contributed by atoms with Crippen LogP contribution in [-0.2, 0) is 15.1 Å². The van der Waals surface area contributed by atoms with Crippen molar-refractivity contribution in [1.82, 2.24) is 10.2 Å². The molecule has 1 saturated heterocycles. The Bertz CT molecular complexity index is 1500. The molecule has 0 radical (unpaired) electrons. The third kappa shape index (κ3) is 5.66. The van der Waals surface area contributed by atoms with Crippen LogP contribution < -0.4 is 10.6 Å². The summed E-state index contributed by atoms with van der Waals surface area (Å²) in [4.78, 5) is 27.3. The van der Waals surface area contributed by atoms with Crippen molar-refractivity contribution in [2.75, 3.05) is 25.5 Å². The van der Waals surface area contributed by atoms with E-state index in [2.05, 4.69) is 10.6 Å². The molecular weight excluding hydrogens is 683 g/mol. The number of nitrogens with one attached hydrogen (secondary N) is 2. The van der Waals surface area contributed by atoms with Gasteiger partial charge < -0.3 is 25.4 Å². The second-order valence-electron chi connectivity index (χ2n) is 9.74. The van der Waals surface area contributed by atoms with Gasteiger partial charge in [0.05, 0.1) is 36.1 Å². The summed E-state index contributed by atoms with van der Waals surface area (Å²) in [7, 11) is 0.735. The van der Waals surface area contributed by atoms with Crippen molar-refractivity contribution >= 4 is 45.8 Å². The number of ether oxygens (including phenoxy) is 1. The number of anilines is 2. The largest absolute Gasteiger partial charge is 0.430 e. The van der Waals surface area contributed by atoms with Gasteiger partial charge in [-0.25, -0.2) is 13.2 Å². The first kappa shape index (κ1) is 31.6. The number of carbonyl (C=O) groups excluding carboxylic acids is 2. The molecule has 0 spiro atoms. The van der Waals surface area contributed by atoms with Crippen LogP contribution in [-0.4, -0.2) is 59.8 Å². The second-order valence-corrected chi connectivity index (χ2v) is 11.0. The lowest BCUT2D eigenvalue weighted by molar-refractivity contribution is -0.266. The molecule has 3 aromatic rings. The number of aliphatic hydroxyl groups is 1. The van der Waals surface area contributed by atoms with Gasteiger partial charge in [-0.15, -0.1) is 0 Å². The van der Waals surface area contributed by atoms with Crippen molar-refractivity contribution in [3.8, 4) is 0 Å². The molecule has 42 heavy (non-hydrogen) atoms. The van der Waals surface area contributed by atoms with Gasteiger partial charge in [0.2, 0.25) is 0 Å². The summed E-state index contributed by atoms with van der Waals surface area (Å²) in [5.74, 6) is -5.99. The van der Waals surface area contributed by atoms with E-state index < -0.39 is 77.0 Å². The molecule has 3 N–H and O–H groups in total. The fourth-order valence-corrected chi connectivity index (χ4v) is 5.09. The standard InChI is InChI=1S/C28H24F6IN3O4/c1-15(36-25(40)27(42-2,28(32,33)34)16-6-4-3-5-7-16)26(41)13-38(14-26)24(39)18-9-10-19(29)22(31)23(18)37-21-11-8-17(35)12-20(21)30/h3-12,15,37,41H,13-14H2,1-2H3,(H,36,40)/t15?,27-/m0/s1. The van der Waals surface area contributed by atoms with Gasteiger partial charge in [0.25, 0.3) is 17.4 Å². The predicted octanol–water partition coefficient (Wildman–Crippen LogP) is 5.25. The van der Waals surface area contributed by atoms with Crippen LogP contribution in [0.5, 0.6) is 0 Å². The monoisotopic (exact) mass is 707 g/mol. The van der Waals surface area contributed by atoms with E-state index in [9.17, 15) is 41.0 Å². The highest BCUT2D eigenvalue weighted by Crippen LogP contribution is 2.42. The molecule has 0 aliphatic carbocycles. The van der Waals surface area contributed by atoms with Crippen molar-refractivity contribution < 1.29 is 45.8 Å². The number of hydrogen-bond donors (Lipinski definition) is 3. The number of carbonyl (C=O) groups is 2. The van der Waals surface area contributed by atoms with Crippen molar-refractivity contribution in [3.05, 3.63) is 92.8 Å². The van der Waals surface area contributed by atoms with Crippen LogP contribution >= 0.6 is 22.6 Å². The summed E-state index contributed by atoms with van der Waals surface area (Å²) >= 11 is 1.86. The first-order valence-electron chi connectivity index (χ1n) is 12.3. The van der Waals surface area contributed by atoms with Gasteiger partial charge in [-0.1, -0.05) is 30.3 Å². The molecule has 4 rings (SSSR count). The number of alkyl halides is 3. The Morgan fingerprint density at radius 1 is 1.02 bits per heavy atom. The SMILES string of the molecule is CO[C@](C(=O)NC(C)C1(O)CN(C(=O)c2ccc(F)c(F)c2Nc2ccc(I)cc2F)C1)(c1ccccc1)C(F)(F)F. The number of nitrogens with zero attached hydrogens (tertiary/aromatic N) is 1. The van der Waals surface area contributed by atoms with Gasteiger partial charge in [-0.3, -0.25) is 9.59 Å². The zero-order chi connectivity index (χ0) is 31.0. The molecule has 1 aliphatic heterocycles. The Labute approximate surface area is 250 Å². The Morgan fingerprint density at radius 3 is 2.24 bits per heavy atom. The minimum Gasteiger partial charge on any atom is -0.384 e. The topological polar surface area (TPSA) is 90.9 Å². The Balaban J connectivity index is 1.53. The van der Waals surface area contributed by atoms with Gasteiger partial charge in [0, 0.05) is 16.2 Å². The summed E-state index contributed by atoms with van der Waals surface area (Å²) in [6.07, 6.45) is -5.18. The third-order valence-electron chi connectivity index (χ3n) is 7.09. The molecule has 2 amide bonds. The van der Waals surface area contributed by atoms with Crippen molar-refractivity contribution in [3.63, 3.8) is 0 Å². The molecular formula is C28H24F6IN3O4. The Kier molecular flexibility index (Phi) is 8.81. The van der Waals surface area contributed by atoms with Crippen LogP contribution in [0.4, 0.5) is 37.7 Å². The average molecular weight is 707 g/mol. The lowest BCUT2D eigenvalue weighted by Crippen LogP contribution is -2.72. The maximum absolute atomic E-state index is 14.8. The van der Waals surface area contributed by atoms with E-state index in [1.165, 1.54) is 37.3 Å². The smallest absolute Gasteiger partial charge is 0.384 e. The van der Waals surface area contributed by atoms with Crippen molar-refractivity contribution in [1.29, 1.82) is 0 Å². The second kappa shape index (κ2) is 11.7. The number of benzene rings is 3. The van der Waals surface area contributed by atoms with E-state index in [4.69, 9.17) is 4.74 Å². The van der Waals surface area contributed by atoms with Crippen LogP contribution in [0.1, 0.15) is 22.8 Å². The number of halogens is 7. The van der Waals surface area contributed by atoms with E-state index in [0.29, 0.717) is 9.64 Å². The molecule has 224 valence electrons. The van der Waals surface area contributed by atoms with Crippen LogP contribution in [0.3, 0.4) is 0 Å². The Hall–Kier alpha value is -3.37. The van der Waals surface area contributed by atoms with Gasteiger partial charge in [-0.05, 0) is 59.8 Å². The quantitative estimate of drug-likeness (QED) is 0.220. The summed E-state index contributed by atoms with van der Waals surface area (Å²) in [6.45, 7) is 0.313. The van der Waals surface area contributed by atoms with Gasteiger partial charge in [0.1, 0.15) is 11.4 Å². The number of amides is 2. The van der Waals surface area contributed by atoms with Crippen LogP contribution in [0.15, 0.2) is 60.7 Å². The molecule has 1 unspecified atom stereocenters. The maximum atomic E-state index is 14.8. The van der Waals surface area contributed by atoms with E-state index >= 15 is 0 Å². The molecule has 1 fully saturated rings. The lowest BCUT2D eigenvalue weighted by atomic mass is 9.84. The van der Waals surface area contributed by atoms with Crippen molar-refractivity contribution in [2.24, 2.45) is 0 Å². The zero-order valence-electron chi connectivity index (χ0n) is 22.0. The first-order chi connectivity index (χ1) is 19.6. The highest BCUT2D eigenvalue weighted by Gasteiger charge is 2.63. The maximum Gasteiger partial charge on any atom is 0.430 e. The minimum absolute atomic E-state index is 0.227. The molecule has 7 nitrogen and oxygen atoms in total. The molecule has 14 heteroatoms. The van der Waals surface area contributed by atoms with E-state index in [0.717, 1.165) is 36.3 Å². The Morgan fingerprint density at radius 2 is 1.67 bits per heavy atom. The minimum atomic E-state index is -5.18. The summed E-state index contributed by atoms with van der Waals surface area (Å²) in [6, 6.07) is 10.5. The summed E-state index contributed by atoms with van der Waals surface area (Å²) < 4.78 is 91.2. The van der Waals surface area contributed by atoms with Crippen LogP contribution in [0.2, 0.25) is 0 Å². The number of rotatable bonds is 8. The normalized spacial score (nSPS) is 16.7. The fourth-order valence-electron chi connectivity index (χ4n) is 4.63. The van der Waals surface area contributed by atoms with Gasteiger partial charge >= 0.3 is 6.18 Å². The summed E-state index contributed by atoms with van der Waals surface area (Å²) in [5, 5.41) is 15.6. The van der Waals surface area contributed by atoms with Crippen molar-refractivity contribution in [2.45, 2.75) is 30.3 Å². The van der Waals surface area contributed by atoms with E-state index in [1.807, 2.05) is 22.6 Å². The summed E-state index contributed by atoms with van der Waals surface area (Å²) in [5.41, 5.74) is -6.99. The molecule has 2 atom stereocenters. The number of hydrogen-bond acceptors (Lipinski definition) is 5. The fraction of sp³-hybridized carbons (Fsp3) is 0.286. The number of β-amino-alcohol motifs (C(OH)–C–C–N with tert-alkyl or cyclic N) is 1. The molecule has 3 aromatic carbocycles. The molecule has 0 bridgehead atoms. The average Bonchev–Trinajstić information content (AvgIpc) is 2.91. The first-order valence-corrected chi connectivity index (χ1v) is 13.4. The zero-order valence-corrected chi connectivity index (χ0v) is 24.2. The van der Waals surface area contributed by atoms with E-state index in [-0.39, 0.29) is 11.3 Å². The van der Waals surface area contributed by atoms with Gasteiger partial charge in [0.15, 0.2) is 11.6 Å². The highest BCUT2D eigenvalue weighted by atomic mass is 127. The molecule has 1 aliphatic rings. The van der Waals surface area contributed by atoms with Gasteiger partial charge in [-0.2, -0.15) is 13.2 Å². The predicted molar refractivity (Wildman–Crippen MR) is 148 cm³/mol. The number of methoxy groups -OCH3 is 1.